The molecule has 0 radical (unpaired) electrons. The van der Waals surface area contributed by atoms with Gasteiger partial charge in [-0.2, -0.15) is 0 Å². The van der Waals surface area contributed by atoms with Crippen molar-refractivity contribution >= 4 is 15.6 Å². The molecule has 4 aliphatic rings. The number of methoxy groups -OCH3 is 1. The van der Waals surface area contributed by atoms with Gasteiger partial charge in [-0.15, -0.1) is 0 Å². The molecule has 1 aromatic rings. The van der Waals surface area contributed by atoms with Gasteiger partial charge in [0, 0.05) is 5.41 Å². The molecule has 0 spiro atoms. The number of sulfone groups is 1. The first-order valence-corrected chi connectivity index (χ1v) is 13.6. The van der Waals surface area contributed by atoms with Crippen molar-refractivity contribution < 1.29 is 17.9 Å². The van der Waals surface area contributed by atoms with E-state index in [1.165, 1.54) is 24.8 Å². The van der Waals surface area contributed by atoms with E-state index in [0.29, 0.717) is 29.9 Å². The number of fused-ring (bicyclic) bond motifs is 5. The predicted octanol–water partition coefficient (Wildman–Crippen LogP) is 5.91. The van der Waals surface area contributed by atoms with E-state index < -0.39 is 9.84 Å². The lowest BCUT2D eigenvalue weighted by molar-refractivity contribution is -0.111. The summed E-state index contributed by atoms with van der Waals surface area (Å²) in [7, 11) is -2.36. The van der Waals surface area contributed by atoms with Gasteiger partial charge in [0.15, 0.2) is 5.78 Å². The van der Waals surface area contributed by atoms with Crippen LogP contribution in [-0.4, -0.2) is 21.3 Å². The fourth-order valence-corrected chi connectivity index (χ4v) is 9.02. The fraction of sp³-hybridized carbons (Fsp3) is 0.500. The number of carbonyl (C=O) groups excluding carboxylic acids is 1. The molecule has 5 atom stereocenters. The van der Waals surface area contributed by atoms with Crippen molar-refractivity contribution in [2.75, 3.05) is 7.11 Å². The van der Waals surface area contributed by atoms with Crippen LogP contribution in [0.5, 0.6) is 5.75 Å². The van der Waals surface area contributed by atoms with Crippen LogP contribution < -0.4 is 4.74 Å². The number of rotatable bonds is 3. The lowest BCUT2D eigenvalue weighted by Gasteiger charge is -2.56. The number of hydrogen-bond donors (Lipinski definition) is 0. The molecule has 0 unspecified atom stereocenters. The Bertz CT molecular complexity index is 1280. The first-order chi connectivity index (χ1) is 16.1. The van der Waals surface area contributed by atoms with E-state index in [4.69, 9.17) is 11.3 Å². The number of ether oxygens (including phenoxy) is 1. The molecule has 6 heteroatoms. The zero-order valence-corrected chi connectivity index (χ0v) is 20.8. The normalized spacial score (nSPS) is 36.0. The van der Waals surface area contributed by atoms with Gasteiger partial charge in [-0.3, -0.25) is 4.79 Å². The molecular formula is C28H31NO4S. The largest absolute Gasteiger partial charge is 0.497 e. The lowest BCUT2D eigenvalue weighted by Crippen LogP contribution is -2.48. The Labute approximate surface area is 202 Å². The highest BCUT2D eigenvalue weighted by atomic mass is 32.2. The minimum atomic E-state index is -3.90. The minimum absolute atomic E-state index is 0.0770. The molecule has 0 aromatic heterocycles. The van der Waals surface area contributed by atoms with Crippen molar-refractivity contribution in [3.05, 3.63) is 70.1 Å². The van der Waals surface area contributed by atoms with Crippen LogP contribution in [0.25, 0.3) is 4.85 Å². The Hall–Kier alpha value is -2.65. The Morgan fingerprint density at radius 2 is 1.82 bits per heavy atom. The van der Waals surface area contributed by atoms with Crippen molar-refractivity contribution in [3.8, 4) is 5.75 Å². The zero-order valence-electron chi connectivity index (χ0n) is 20.0. The monoisotopic (exact) mass is 477 g/mol. The van der Waals surface area contributed by atoms with Gasteiger partial charge < -0.3 is 4.74 Å². The number of benzene rings is 1. The molecule has 178 valence electrons. The quantitative estimate of drug-likeness (QED) is 0.508. The summed E-state index contributed by atoms with van der Waals surface area (Å²) in [5.41, 5.74) is 1.69. The number of hydrogen-bond acceptors (Lipinski definition) is 4. The maximum absolute atomic E-state index is 13.6. The second-order valence-electron chi connectivity index (χ2n) is 10.7. The third kappa shape index (κ3) is 3.24. The number of ketones is 1. The summed E-state index contributed by atoms with van der Waals surface area (Å²) in [5, 5.41) is -0.0770. The fourth-order valence-electron chi connectivity index (χ4n) is 7.52. The van der Waals surface area contributed by atoms with Gasteiger partial charge in [0.1, 0.15) is 5.75 Å². The van der Waals surface area contributed by atoms with E-state index >= 15 is 0 Å². The summed E-state index contributed by atoms with van der Waals surface area (Å²) < 4.78 is 32.3. The third-order valence-electron chi connectivity index (χ3n) is 9.32. The van der Waals surface area contributed by atoms with E-state index in [1.807, 2.05) is 6.08 Å². The molecule has 0 amide bonds. The summed E-state index contributed by atoms with van der Waals surface area (Å²) in [6.07, 6.45) is 11.0. The Balaban J connectivity index is 1.52. The zero-order chi connectivity index (χ0) is 24.3. The minimum Gasteiger partial charge on any atom is -0.497 e. The maximum Gasteiger partial charge on any atom is 0.282 e. The summed E-state index contributed by atoms with van der Waals surface area (Å²) in [6.45, 7) is 12.3. The second kappa shape index (κ2) is 7.95. The van der Waals surface area contributed by atoms with Crippen LogP contribution in [0.15, 0.2) is 63.6 Å². The molecule has 3 saturated carbocycles. The van der Waals surface area contributed by atoms with E-state index in [9.17, 15) is 13.2 Å². The van der Waals surface area contributed by atoms with Gasteiger partial charge in [-0.1, -0.05) is 25.5 Å². The topological polar surface area (TPSA) is 64.8 Å². The molecule has 34 heavy (non-hydrogen) atoms. The Kier molecular flexibility index (Phi) is 5.40. The lowest BCUT2D eigenvalue weighted by atomic mass is 9.48. The van der Waals surface area contributed by atoms with Crippen LogP contribution in [0.4, 0.5) is 0 Å². The van der Waals surface area contributed by atoms with Crippen LogP contribution in [-0.2, 0) is 14.6 Å². The summed E-state index contributed by atoms with van der Waals surface area (Å²) in [4.78, 5) is 15.8. The predicted molar refractivity (Wildman–Crippen MR) is 130 cm³/mol. The van der Waals surface area contributed by atoms with E-state index in [0.717, 1.165) is 37.7 Å². The van der Waals surface area contributed by atoms with E-state index in [1.54, 1.807) is 18.2 Å². The highest BCUT2D eigenvalue weighted by Crippen LogP contribution is 2.66. The smallest absolute Gasteiger partial charge is 0.282 e. The molecule has 0 bridgehead atoms. The molecule has 1 aromatic carbocycles. The van der Waals surface area contributed by atoms with Crippen LogP contribution in [0.1, 0.15) is 52.4 Å². The second-order valence-corrected chi connectivity index (χ2v) is 12.5. The average Bonchev–Trinajstić information content (AvgIpc) is 3.17. The average molecular weight is 478 g/mol. The van der Waals surface area contributed by atoms with Crippen LogP contribution in [0.3, 0.4) is 0 Å². The van der Waals surface area contributed by atoms with E-state index in [-0.39, 0.29) is 26.5 Å². The Morgan fingerprint density at radius 3 is 2.50 bits per heavy atom. The van der Waals surface area contributed by atoms with E-state index in [2.05, 4.69) is 24.8 Å². The summed E-state index contributed by atoms with van der Waals surface area (Å²) >= 11 is 0. The summed E-state index contributed by atoms with van der Waals surface area (Å²) in [5.74, 6) is 1.94. The molecule has 4 aliphatic carbocycles. The van der Waals surface area contributed by atoms with Crippen LogP contribution in [0.2, 0.25) is 0 Å². The number of nitrogens with zero attached hydrogens (tertiary/aromatic N) is 1. The van der Waals surface area contributed by atoms with Crippen molar-refractivity contribution in [2.45, 2.75) is 57.3 Å². The molecule has 0 aliphatic heterocycles. The molecule has 3 fully saturated rings. The molecule has 0 N–H and O–H groups in total. The highest BCUT2D eigenvalue weighted by Gasteiger charge is 2.58. The molecule has 0 saturated heterocycles. The van der Waals surface area contributed by atoms with Gasteiger partial charge in [-0.25, -0.2) is 13.3 Å². The SMILES string of the molecule is [C-]#[N+]/C(=C1\CC[C@H]2[C@@H]3CCC4=CC(=O)C=C[C@]4(C)[C@H]3CC[C@]12C)S(=O)(=O)c1ccc(OC)cc1. The van der Waals surface area contributed by atoms with Crippen LogP contribution in [0, 0.1) is 35.2 Å². The molecule has 0 heterocycles. The molecule has 5 rings (SSSR count). The van der Waals surface area contributed by atoms with Crippen molar-refractivity contribution in [1.29, 1.82) is 0 Å². The highest BCUT2D eigenvalue weighted by molar-refractivity contribution is 7.95. The van der Waals surface area contributed by atoms with Crippen molar-refractivity contribution in [1.82, 2.24) is 0 Å². The molecule has 5 nitrogen and oxygen atoms in total. The Morgan fingerprint density at radius 1 is 1.09 bits per heavy atom. The van der Waals surface area contributed by atoms with Gasteiger partial charge in [0.25, 0.3) is 5.03 Å². The standard InChI is InChI=1S/C28H31NO4S/c1-27-15-13-19(30)17-18(27)5-10-22-23-11-12-25(28(23,2)16-14-24(22)27)26(29-3)34(31,32)21-8-6-20(33-4)7-9-21/h6-9,13,15,17,22-24H,5,10-12,14,16H2,1-2,4H3/b26-25-/t22-,23-,24-,27-,28-/m0/s1. The van der Waals surface area contributed by atoms with Gasteiger partial charge in [0.2, 0.25) is 9.84 Å². The van der Waals surface area contributed by atoms with Crippen LogP contribution >= 0.6 is 0 Å². The maximum atomic E-state index is 13.6. The van der Waals surface area contributed by atoms with Crippen molar-refractivity contribution in [3.63, 3.8) is 0 Å². The summed E-state index contributed by atoms with van der Waals surface area (Å²) in [6, 6.07) is 6.30. The first kappa shape index (κ1) is 23.1. The van der Waals surface area contributed by atoms with Gasteiger partial charge >= 0.3 is 0 Å². The number of allylic oxidation sites excluding steroid dienone is 5. The first-order valence-electron chi connectivity index (χ1n) is 12.1. The van der Waals surface area contributed by atoms with Gasteiger partial charge in [-0.05, 0) is 104 Å². The molecular weight excluding hydrogens is 446 g/mol. The van der Waals surface area contributed by atoms with Crippen molar-refractivity contribution in [2.24, 2.45) is 28.6 Å². The third-order valence-corrected chi connectivity index (χ3v) is 11.1. The van der Waals surface area contributed by atoms with Gasteiger partial charge in [0.05, 0.1) is 18.6 Å². The number of carbonyl (C=O) groups is 1.